The molecule has 0 radical (unpaired) electrons. The highest BCUT2D eigenvalue weighted by Crippen LogP contribution is 2.17. The van der Waals surface area contributed by atoms with Crippen molar-refractivity contribution in [1.82, 2.24) is 5.32 Å². The molecule has 100 valence electrons. The Bertz CT molecular complexity index is 537. The molecule has 3 heteroatoms. The fourth-order valence-corrected chi connectivity index (χ4v) is 2.30. The van der Waals surface area contributed by atoms with Gasteiger partial charge in [-0.3, -0.25) is 0 Å². The van der Waals surface area contributed by atoms with E-state index in [0.29, 0.717) is 6.54 Å². The van der Waals surface area contributed by atoms with Gasteiger partial charge in [0.25, 0.3) is 0 Å². The van der Waals surface area contributed by atoms with Crippen LogP contribution in [0.4, 0.5) is 4.39 Å². The molecule has 0 amide bonds. The molecule has 1 N–H and O–H groups in total. The summed E-state index contributed by atoms with van der Waals surface area (Å²) in [4.78, 5) is 0. The summed E-state index contributed by atoms with van der Waals surface area (Å²) in [5, 5.41) is 3.33. The van der Waals surface area contributed by atoms with E-state index in [9.17, 15) is 4.39 Å². The van der Waals surface area contributed by atoms with E-state index in [1.54, 1.807) is 12.1 Å². The number of hydrogen-bond donors (Lipinski definition) is 1. The molecule has 0 bridgehead atoms. The molecular formula is C16H17BrFN. The van der Waals surface area contributed by atoms with Gasteiger partial charge < -0.3 is 5.32 Å². The summed E-state index contributed by atoms with van der Waals surface area (Å²) in [6.07, 6.45) is 1.06. The maximum Gasteiger partial charge on any atom is 0.123 e. The maximum absolute atomic E-state index is 13.1. The minimum absolute atomic E-state index is 0.202. The zero-order valence-corrected chi connectivity index (χ0v) is 12.5. The first kappa shape index (κ1) is 14.2. The quantitative estimate of drug-likeness (QED) is 0.858. The Morgan fingerprint density at radius 3 is 2.37 bits per heavy atom. The molecule has 19 heavy (non-hydrogen) atoms. The molecule has 0 heterocycles. The standard InChI is InChI=1S/C16H17BrFN/c1-2-12-3-5-13(6-4-12)10-19-11-14-9-15(18)7-8-16(14)17/h3-9,19H,2,10-11H2,1H3. The highest BCUT2D eigenvalue weighted by molar-refractivity contribution is 9.10. The molecule has 0 aliphatic carbocycles. The zero-order chi connectivity index (χ0) is 13.7. The van der Waals surface area contributed by atoms with Gasteiger partial charge in [-0.2, -0.15) is 0 Å². The van der Waals surface area contributed by atoms with Crippen molar-refractivity contribution in [1.29, 1.82) is 0 Å². The lowest BCUT2D eigenvalue weighted by Gasteiger charge is -2.08. The molecule has 0 saturated heterocycles. The Morgan fingerprint density at radius 1 is 1.00 bits per heavy atom. The second-order valence-corrected chi connectivity index (χ2v) is 5.36. The maximum atomic E-state index is 13.1. The van der Waals surface area contributed by atoms with Crippen molar-refractivity contribution in [3.05, 3.63) is 69.4 Å². The van der Waals surface area contributed by atoms with Crippen molar-refractivity contribution in [2.75, 3.05) is 0 Å². The van der Waals surface area contributed by atoms with Gasteiger partial charge in [0.1, 0.15) is 5.82 Å². The second kappa shape index (κ2) is 6.83. The van der Waals surface area contributed by atoms with Crippen molar-refractivity contribution < 1.29 is 4.39 Å². The fraction of sp³-hybridized carbons (Fsp3) is 0.250. The van der Waals surface area contributed by atoms with E-state index in [2.05, 4.69) is 52.4 Å². The molecule has 0 unspecified atom stereocenters. The smallest absolute Gasteiger partial charge is 0.123 e. The van der Waals surface area contributed by atoms with Gasteiger partial charge in [0, 0.05) is 17.6 Å². The molecule has 0 aliphatic rings. The molecule has 0 saturated carbocycles. The van der Waals surface area contributed by atoms with Crippen LogP contribution in [0, 0.1) is 5.82 Å². The van der Waals surface area contributed by atoms with Crippen molar-refractivity contribution in [2.45, 2.75) is 26.4 Å². The Hall–Kier alpha value is -1.19. The number of hydrogen-bond acceptors (Lipinski definition) is 1. The predicted octanol–water partition coefficient (Wildman–Crippen LogP) is 4.44. The van der Waals surface area contributed by atoms with Crippen LogP contribution >= 0.6 is 15.9 Å². The molecule has 0 aromatic heterocycles. The summed E-state index contributed by atoms with van der Waals surface area (Å²) in [6.45, 7) is 3.58. The van der Waals surface area contributed by atoms with Gasteiger partial charge >= 0.3 is 0 Å². The van der Waals surface area contributed by atoms with Gasteiger partial charge in [-0.1, -0.05) is 47.1 Å². The number of aryl methyl sites for hydroxylation is 1. The van der Waals surface area contributed by atoms with Crippen molar-refractivity contribution in [3.8, 4) is 0 Å². The number of benzene rings is 2. The van der Waals surface area contributed by atoms with Gasteiger partial charge in [0.2, 0.25) is 0 Å². The van der Waals surface area contributed by atoms with Crippen LogP contribution in [0.2, 0.25) is 0 Å². The highest BCUT2D eigenvalue weighted by Gasteiger charge is 2.01. The van der Waals surface area contributed by atoms with Crippen LogP contribution in [-0.4, -0.2) is 0 Å². The number of rotatable bonds is 5. The molecule has 2 aromatic rings. The first-order chi connectivity index (χ1) is 9.19. The summed E-state index contributed by atoms with van der Waals surface area (Å²) >= 11 is 3.43. The summed E-state index contributed by atoms with van der Waals surface area (Å²) in [6, 6.07) is 13.3. The highest BCUT2D eigenvalue weighted by atomic mass is 79.9. The Morgan fingerprint density at radius 2 is 1.68 bits per heavy atom. The zero-order valence-electron chi connectivity index (χ0n) is 10.9. The molecule has 0 fully saturated rings. The van der Waals surface area contributed by atoms with Crippen LogP contribution in [-0.2, 0) is 19.5 Å². The van der Waals surface area contributed by atoms with Crippen molar-refractivity contribution in [3.63, 3.8) is 0 Å². The summed E-state index contributed by atoms with van der Waals surface area (Å²) < 4.78 is 14.1. The molecular weight excluding hydrogens is 305 g/mol. The lowest BCUT2D eigenvalue weighted by Crippen LogP contribution is -2.13. The Labute approximate surface area is 122 Å². The fourth-order valence-electron chi connectivity index (χ4n) is 1.91. The average molecular weight is 322 g/mol. The minimum atomic E-state index is -0.202. The average Bonchev–Trinajstić information content (AvgIpc) is 2.43. The minimum Gasteiger partial charge on any atom is -0.309 e. The van der Waals surface area contributed by atoms with Gasteiger partial charge in [-0.15, -0.1) is 0 Å². The third kappa shape index (κ3) is 4.15. The number of halogens is 2. The third-order valence-electron chi connectivity index (χ3n) is 3.08. The van der Waals surface area contributed by atoms with Crippen LogP contribution in [0.25, 0.3) is 0 Å². The summed E-state index contributed by atoms with van der Waals surface area (Å²) in [7, 11) is 0. The van der Waals surface area contributed by atoms with Crippen LogP contribution in [0.1, 0.15) is 23.6 Å². The molecule has 0 atom stereocenters. The molecule has 2 aromatic carbocycles. The van der Waals surface area contributed by atoms with Crippen LogP contribution < -0.4 is 5.32 Å². The van der Waals surface area contributed by atoms with E-state index in [1.165, 1.54) is 17.2 Å². The molecule has 1 nitrogen and oxygen atoms in total. The van der Waals surface area contributed by atoms with Crippen molar-refractivity contribution >= 4 is 15.9 Å². The topological polar surface area (TPSA) is 12.0 Å². The van der Waals surface area contributed by atoms with Gasteiger partial charge in [0.15, 0.2) is 0 Å². The summed E-state index contributed by atoms with van der Waals surface area (Å²) in [5.41, 5.74) is 3.52. The number of nitrogens with one attached hydrogen (secondary N) is 1. The van der Waals surface area contributed by atoms with Gasteiger partial charge in [-0.25, -0.2) is 4.39 Å². The molecule has 2 rings (SSSR count). The van der Waals surface area contributed by atoms with E-state index in [-0.39, 0.29) is 5.82 Å². The monoisotopic (exact) mass is 321 g/mol. The van der Waals surface area contributed by atoms with E-state index >= 15 is 0 Å². The Kier molecular flexibility index (Phi) is 5.11. The molecule has 0 spiro atoms. The largest absolute Gasteiger partial charge is 0.309 e. The van der Waals surface area contributed by atoms with Crippen LogP contribution in [0.5, 0.6) is 0 Å². The predicted molar refractivity (Wildman–Crippen MR) is 80.5 cm³/mol. The second-order valence-electron chi connectivity index (χ2n) is 4.51. The molecule has 0 aliphatic heterocycles. The van der Waals surface area contributed by atoms with E-state index < -0.39 is 0 Å². The SMILES string of the molecule is CCc1ccc(CNCc2cc(F)ccc2Br)cc1. The van der Waals surface area contributed by atoms with E-state index in [1.807, 2.05) is 0 Å². The van der Waals surface area contributed by atoms with Crippen molar-refractivity contribution in [2.24, 2.45) is 0 Å². The van der Waals surface area contributed by atoms with Crippen LogP contribution in [0.3, 0.4) is 0 Å². The Balaban J connectivity index is 1.90. The lowest BCUT2D eigenvalue weighted by atomic mass is 10.1. The lowest BCUT2D eigenvalue weighted by molar-refractivity contribution is 0.619. The normalized spacial score (nSPS) is 10.7. The van der Waals surface area contributed by atoms with Gasteiger partial charge in [0.05, 0.1) is 0 Å². The third-order valence-corrected chi connectivity index (χ3v) is 3.86. The summed E-state index contributed by atoms with van der Waals surface area (Å²) in [5.74, 6) is -0.202. The first-order valence-electron chi connectivity index (χ1n) is 6.41. The first-order valence-corrected chi connectivity index (χ1v) is 7.21. The van der Waals surface area contributed by atoms with Crippen LogP contribution in [0.15, 0.2) is 46.9 Å². The van der Waals surface area contributed by atoms with E-state index in [4.69, 9.17) is 0 Å². The van der Waals surface area contributed by atoms with Gasteiger partial charge in [-0.05, 0) is 41.3 Å². The van der Waals surface area contributed by atoms with E-state index in [0.717, 1.165) is 23.0 Å².